The Kier molecular flexibility index (Phi) is 4.68. The summed E-state index contributed by atoms with van der Waals surface area (Å²) in [6, 6.07) is 3.30. The molecule has 2 rings (SSSR count). The van der Waals surface area contributed by atoms with Crippen molar-refractivity contribution in [3.05, 3.63) is 40.8 Å². The fourth-order valence-corrected chi connectivity index (χ4v) is 1.85. The van der Waals surface area contributed by atoms with Gasteiger partial charge in [0, 0.05) is 24.2 Å². The summed E-state index contributed by atoms with van der Waals surface area (Å²) in [7, 11) is 0. The summed E-state index contributed by atoms with van der Waals surface area (Å²) in [5.41, 5.74) is 1.29. The number of halogens is 1. The molecule has 1 N–H and O–H groups in total. The molecule has 0 atom stereocenters. The summed E-state index contributed by atoms with van der Waals surface area (Å²) >= 11 is 5.93. The van der Waals surface area contributed by atoms with E-state index in [9.17, 15) is 4.79 Å². The molecule has 1 amide bonds. The SMILES string of the molecule is CC(C)c1cc(C(=O)NCCc2ncon2)cc(Cl)n1. The van der Waals surface area contributed by atoms with Gasteiger partial charge in [-0.05, 0) is 18.1 Å². The normalized spacial score (nSPS) is 10.8. The highest BCUT2D eigenvalue weighted by Gasteiger charge is 2.11. The van der Waals surface area contributed by atoms with Gasteiger partial charge in [-0.1, -0.05) is 30.6 Å². The van der Waals surface area contributed by atoms with Gasteiger partial charge in [0.05, 0.1) is 0 Å². The molecule has 20 heavy (non-hydrogen) atoms. The number of aromatic nitrogens is 3. The third kappa shape index (κ3) is 3.77. The molecule has 2 heterocycles. The van der Waals surface area contributed by atoms with E-state index in [-0.39, 0.29) is 11.8 Å². The van der Waals surface area contributed by atoms with Crippen LogP contribution in [0.3, 0.4) is 0 Å². The molecular weight excluding hydrogens is 280 g/mol. The number of nitrogens with zero attached hydrogens (tertiary/aromatic N) is 3. The lowest BCUT2D eigenvalue weighted by Gasteiger charge is -2.08. The van der Waals surface area contributed by atoms with E-state index in [1.807, 2.05) is 13.8 Å². The fraction of sp³-hybridized carbons (Fsp3) is 0.385. The Bertz CT molecular complexity index is 584. The topological polar surface area (TPSA) is 80.9 Å². The summed E-state index contributed by atoms with van der Waals surface area (Å²) in [5, 5.41) is 6.77. The highest BCUT2D eigenvalue weighted by atomic mass is 35.5. The first kappa shape index (κ1) is 14.5. The van der Waals surface area contributed by atoms with E-state index >= 15 is 0 Å². The van der Waals surface area contributed by atoms with Crippen molar-refractivity contribution in [1.82, 2.24) is 20.4 Å². The molecule has 0 saturated carbocycles. The molecule has 0 bridgehead atoms. The van der Waals surface area contributed by atoms with Crippen molar-refractivity contribution in [2.75, 3.05) is 6.54 Å². The Hall–Kier alpha value is -1.95. The van der Waals surface area contributed by atoms with E-state index in [1.54, 1.807) is 12.1 Å². The van der Waals surface area contributed by atoms with Gasteiger partial charge in [-0.15, -0.1) is 0 Å². The van der Waals surface area contributed by atoms with Crippen LogP contribution in [0.2, 0.25) is 5.15 Å². The van der Waals surface area contributed by atoms with Gasteiger partial charge >= 0.3 is 0 Å². The minimum Gasteiger partial charge on any atom is -0.352 e. The van der Waals surface area contributed by atoms with Gasteiger partial charge in [-0.25, -0.2) is 4.98 Å². The lowest BCUT2D eigenvalue weighted by molar-refractivity contribution is 0.0953. The largest absolute Gasteiger partial charge is 0.352 e. The monoisotopic (exact) mass is 294 g/mol. The quantitative estimate of drug-likeness (QED) is 0.855. The second kappa shape index (κ2) is 6.47. The predicted octanol–water partition coefficient (Wildman–Crippen LogP) is 2.21. The average molecular weight is 295 g/mol. The van der Waals surface area contributed by atoms with Crippen molar-refractivity contribution in [2.45, 2.75) is 26.2 Å². The third-order valence-electron chi connectivity index (χ3n) is 2.71. The number of rotatable bonds is 5. The van der Waals surface area contributed by atoms with Crippen LogP contribution in [-0.4, -0.2) is 27.6 Å². The molecule has 0 fully saturated rings. The summed E-state index contributed by atoms with van der Waals surface area (Å²) in [6.07, 6.45) is 1.77. The van der Waals surface area contributed by atoms with Gasteiger partial charge in [-0.2, -0.15) is 4.98 Å². The summed E-state index contributed by atoms with van der Waals surface area (Å²) in [4.78, 5) is 20.1. The van der Waals surface area contributed by atoms with Gasteiger partial charge in [0.15, 0.2) is 5.82 Å². The predicted molar refractivity (Wildman–Crippen MR) is 73.7 cm³/mol. The summed E-state index contributed by atoms with van der Waals surface area (Å²) < 4.78 is 4.61. The molecule has 106 valence electrons. The number of carbonyl (C=O) groups is 1. The van der Waals surface area contributed by atoms with Gasteiger partial charge in [0.1, 0.15) is 5.15 Å². The zero-order chi connectivity index (χ0) is 14.5. The lowest BCUT2D eigenvalue weighted by Crippen LogP contribution is -2.26. The summed E-state index contributed by atoms with van der Waals surface area (Å²) in [5.74, 6) is 0.570. The molecular formula is C13H15ClN4O2. The molecule has 0 unspecified atom stereocenters. The Labute approximate surface area is 121 Å². The smallest absolute Gasteiger partial charge is 0.251 e. The van der Waals surface area contributed by atoms with Crippen LogP contribution in [0.5, 0.6) is 0 Å². The molecule has 0 aliphatic rings. The molecule has 0 aromatic carbocycles. The Balaban J connectivity index is 1.98. The Morgan fingerprint density at radius 3 is 2.90 bits per heavy atom. The van der Waals surface area contributed by atoms with Crippen molar-refractivity contribution in [2.24, 2.45) is 0 Å². The maximum atomic E-state index is 12.0. The molecule has 2 aromatic rings. The fourth-order valence-electron chi connectivity index (χ4n) is 1.64. The number of amides is 1. The molecule has 6 nitrogen and oxygen atoms in total. The van der Waals surface area contributed by atoms with E-state index in [1.165, 1.54) is 6.39 Å². The van der Waals surface area contributed by atoms with E-state index < -0.39 is 0 Å². The zero-order valence-corrected chi connectivity index (χ0v) is 12.0. The van der Waals surface area contributed by atoms with Gasteiger partial charge in [0.25, 0.3) is 5.91 Å². The van der Waals surface area contributed by atoms with Crippen LogP contribution >= 0.6 is 11.6 Å². The molecule has 2 aromatic heterocycles. The van der Waals surface area contributed by atoms with E-state index in [0.717, 1.165) is 5.69 Å². The lowest BCUT2D eigenvalue weighted by atomic mass is 10.1. The maximum absolute atomic E-state index is 12.0. The van der Waals surface area contributed by atoms with Crippen LogP contribution in [0.4, 0.5) is 0 Å². The van der Waals surface area contributed by atoms with E-state index in [0.29, 0.717) is 29.5 Å². The first-order valence-electron chi connectivity index (χ1n) is 6.27. The van der Waals surface area contributed by atoms with Crippen LogP contribution in [0.1, 0.15) is 41.6 Å². The molecule has 0 aliphatic carbocycles. The molecule has 0 radical (unpaired) electrons. The first-order chi connectivity index (χ1) is 9.56. The van der Waals surface area contributed by atoms with Crippen LogP contribution in [0.15, 0.2) is 23.0 Å². The molecule has 0 aliphatic heterocycles. The number of carbonyl (C=O) groups excluding carboxylic acids is 1. The van der Waals surface area contributed by atoms with Crippen LogP contribution < -0.4 is 5.32 Å². The van der Waals surface area contributed by atoms with Crippen LogP contribution in [-0.2, 0) is 6.42 Å². The van der Waals surface area contributed by atoms with E-state index in [4.69, 9.17) is 11.6 Å². The minimum absolute atomic E-state index is 0.195. The van der Waals surface area contributed by atoms with Crippen LogP contribution in [0.25, 0.3) is 0 Å². The highest BCUT2D eigenvalue weighted by molar-refractivity contribution is 6.29. The van der Waals surface area contributed by atoms with Crippen molar-refractivity contribution in [3.63, 3.8) is 0 Å². The van der Waals surface area contributed by atoms with Crippen molar-refractivity contribution >= 4 is 17.5 Å². The van der Waals surface area contributed by atoms with Gasteiger partial charge in [0.2, 0.25) is 6.39 Å². The van der Waals surface area contributed by atoms with Gasteiger partial charge < -0.3 is 9.84 Å². The maximum Gasteiger partial charge on any atom is 0.251 e. The van der Waals surface area contributed by atoms with Gasteiger partial charge in [-0.3, -0.25) is 4.79 Å². The molecule has 0 spiro atoms. The Morgan fingerprint density at radius 1 is 1.45 bits per heavy atom. The number of hydrogen-bond donors (Lipinski definition) is 1. The molecule has 0 saturated heterocycles. The standard InChI is InChI=1S/C13H15ClN4O2/c1-8(2)10-5-9(6-11(14)17-10)13(19)15-4-3-12-16-7-20-18-12/h5-8H,3-4H2,1-2H3,(H,15,19). The Morgan fingerprint density at radius 2 is 2.25 bits per heavy atom. The number of pyridine rings is 1. The zero-order valence-electron chi connectivity index (χ0n) is 11.3. The average Bonchev–Trinajstić information content (AvgIpc) is 2.91. The van der Waals surface area contributed by atoms with E-state index in [2.05, 4.69) is 25.0 Å². The third-order valence-corrected chi connectivity index (χ3v) is 2.90. The van der Waals surface area contributed by atoms with Crippen LogP contribution in [0, 0.1) is 0 Å². The minimum atomic E-state index is -0.195. The highest BCUT2D eigenvalue weighted by Crippen LogP contribution is 2.17. The first-order valence-corrected chi connectivity index (χ1v) is 6.65. The molecule has 7 heteroatoms. The van der Waals surface area contributed by atoms with Crippen molar-refractivity contribution in [1.29, 1.82) is 0 Å². The number of nitrogens with one attached hydrogen (secondary N) is 1. The second-order valence-corrected chi connectivity index (χ2v) is 5.00. The van der Waals surface area contributed by atoms with Crippen molar-refractivity contribution in [3.8, 4) is 0 Å². The second-order valence-electron chi connectivity index (χ2n) is 4.61. The number of hydrogen-bond acceptors (Lipinski definition) is 5. The summed E-state index contributed by atoms with van der Waals surface area (Å²) in [6.45, 7) is 4.42. The van der Waals surface area contributed by atoms with Crippen molar-refractivity contribution < 1.29 is 9.32 Å².